The number of carbonyl (C=O) groups excluding carboxylic acids is 2. The van der Waals surface area contributed by atoms with E-state index in [9.17, 15) is 14.7 Å². The van der Waals surface area contributed by atoms with Crippen molar-refractivity contribution in [1.29, 1.82) is 0 Å². The lowest BCUT2D eigenvalue weighted by molar-refractivity contribution is -0.0375. The molecule has 11 atom stereocenters. The summed E-state index contributed by atoms with van der Waals surface area (Å²) in [5.41, 5.74) is 31.7. The standard InChI is InChI=1S/C36H53N5O8/c1-14-8-16(3)21(19(14)6)12-45-33(42)26-28(40)18(5)10-24(38)31(26)48-36-32(49-36)35(44)47-30-25(39)11-23(37)29(41)27(30)34(43)46-13-22-17(4)9-15(2)20(22)7/h10-11,14-17,19-22,32,35-36,44H,8-9,12-13,37-41H2,1-7H3. The Morgan fingerprint density at radius 3 is 1.73 bits per heavy atom. The average molecular weight is 684 g/mol. The molecule has 13 heteroatoms. The van der Waals surface area contributed by atoms with Crippen molar-refractivity contribution in [2.75, 3.05) is 41.9 Å². The summed E-state index contributed by atoms with van der Waals surface area (Å²) >= 11 is 0. The first-order chi connectivity index (χ1) is 23.0. The van der Waals surface area contributed by atoms with Crippen molar-refractivity contribution in [3.8, 4) is 11.5 Å². The van der Waals surface area contributed by atoms with Crippen molar-refractivity contribution >= 4 is 40.4 Å². The molecule has 0 radical (unpaired) electrons. The number of aryl methyl sites for hydroxylation is 1. The zero-order valence-electron chi connectivity index (χ0n) is 29.5. The minimum absolute atomic E-state index is 0.0191. The van der Waals surface area contributed by atoms with Crippen LogP contribution in [0.1, 0.15) is 80.7 Å². The van der Waals surface area contributed by atoms with Gasteiger partial charge in [-0.2, -0.15) is 0 Å². The van der Waals surface area contributed by atoms with E-state index in [1.807, 2.05) is 0 Å². The maximum absolute atomic E-state index is 13.5. The highest BCUT2D eigenvalue weighted by Gasteiger charge is 2.50. The highest BCUT2D eigenvalue weighted by Crippen LogP contribution is 2.44. The van der Waals surface area contributed by atoms with E-state index in [-0.39, 0.29) is 76.1 Å². The van der Waals surface area contributed by atoms with E-state index in [0.717, 1.165) is 12.8 Å². The first-order valence-corrected chi connectivity index (χ1v) is 17.2. The van der Waals surface area contributed by atoms with Gasteiger partial charge < -0.3 is 57.5 Å². The molecule has 2 aromatic rings. The summed E-state index contributed by atoms with van der Waals surface area (Å²) in [4.78, 5) is 26.9. The van der Waals surface area contributed by atoms with Gasteiger partial charge in [-0.05, 0) is 84.8 Å². The van der Waals surface area contributed by atoms with Crippen LogP contribution in [-0.4, -0.2) is 48.9 Å². The number of esters is 2. The van der Waals surface area contributed by atoms with Gasteiger partial charge in [-0.25, -0.2) is 9.59 Å². The van der Waals surface area contributed by atoms with Gasteiger partial charge in [0.05, 0.1) is 41.7 Å². The molecule has 11 unspecified atom stereocenters. The number of aliphatic hydroxyl groups is 1. The van der Waals surface area contributed by atoms with E-state index in [1.54, 1.807) is 13.0 Å². The van der Waals surface area contributed by atoms with Gasteiger partial charge in [-0.1, -0.05) is 41.5 Å². The molecule has 270 valence electrons. The van der Waals surface area contributed by atoms with Crippen molar-refractivity contribution in [3.63, 3.8) is 0 Å². The van der Waals surface area contributed by atoms with Gasteiger partial charge in [0.15, 0.2) is 17.6 Å². The molecule has 49 heavy (non-hydrogen) atoms. The third-order valence-corrected chi connectivity index (χ3v) is 11.5. The number of epoxide rings is 1. The maximum atomic E-state index is 13.5. The summed E-state index contributed by atoms with van der Waals surface area (Å²) in [6.07, 6.45) is -1.71. The predicted octanol–water partition coefficient (Wildman–Crippen LogP) is 4.58. The van der Waals surface area contributed by atoms with Gasteiger partial charge in [-0.3, -0.25) is 0 Å². The Balaban J connectivity index is 1.29. The largest absolute Gasteiger partial charge is 0.462 e. The van der Waals surface area contributed by atoms with Crippen LogP contribution in [0.2, 0.25) is 0 Å². The summed E-state index contributed by atoms with van der Waals surface area (Å²) in [6.45, 7) is 15.2. The molecular weight excluding hydrogens is 630 g/mol. The molecule has 0 bridgehead atoms. The fraction of sp³-hybridized carbons (Fsp3) is 0.611. The van der Waals surface area contributed by atoms with Gasteiger partial charge in [-0.15, -0.1) is 0 Å². The van der Waals surface area contributed by atoms with Gasteiger partial charge in [0.25, 0.3) is 0 Å². The SMILES string of the molecule is Cc1cc(N)c(OC2OC2C(O)Oc2c(N)cc(N)c(N)c2C(=O)OCC2C(C)CC(C)C2C)c(C(=O)OCC2C(C)CC(C)C2C)c1N. The second-order valence-electron chi connectivity index (χ2n) is 14.8. The summed E-state index contributed by atoms with van der Waals surface area (Å²) in [5.74, 6) is 1.32. The lowest BCUT2D eigenvalue weighted by Gasteiger charge is -2.23. The molecule has 13 nitrogen and oxygen atoms in total. The van der Waals surface area contributed by atoms with Crippen molar-refractivity contribution in [2.24, 2.45) is 47.3 Å². The molecule has 2 aliphatic carbocycles. The molecule has 1 aliphatic heterocycles. The van der Waals surface area contributed by atoms with Crippen molar-refractivity contribution in [2.45, 2.75) is 80.0 Å². The minimum atomic E-state index is -1.68. The number of hydrogen-bond donors (Lipinski definition) is 6. The molecule has 2 aromatic carbocycles. The fourth-order valence-electron chi connectivity index (χ4n) is 7.88. The van der Waals surface area contributed by atoms with Crippen molar-refractivity contribution in [1.82, 2.24) is 0 Å². The Morgan fingerprint density at radius 2 is 1.24 bits per heavy atom. The first-order valence-electron chi connectivity index (χ1n) is 17.2. The average Bonchev–Trinajstić information content (AvgIpc) is 3.70. The van der Waals surface area contributed by atoms with Crippen LogP contribution in [0.5, 0.6) is 11.5 Å². The summed E-state index contributed by atoms with van der Waals surface area (Å²) in [5, 5.41) is 11.1. The molecule has 5 rings (SSSR count). The monoisotopic (exact) mass is 683 g/mol. The Bertz CT molecular complexity index is 1590. The number of benzene rings is 2. The molecular formula is C36H53N5O8. The van der Waals surface area contributed by atoms with E-state index < -0.39 is 30.6 Å². The number of nitrogen functional groups attached to an aromatic ring is 5. The van der Waals surface area contributed by atoms with Crippen LogP contribution < -0.4 is 38.1 Å². The van der Waals surface area contributed by atoms with Gasteiger partial charge >= 0.3 is 11.9 Å². The van der Waals surface area contributed by atoms with Gasteiger partial charge in [0, 0.05) is 0 Å². The Morgan fingerprint density at radius 1 is 0.755 bits per heavy atom. The van der Waals surface area contributed by atoms with Gasteiger partial charge in [0.2, 0.25) is 12.6 Å². The second-order valence-corrected chi connectivity index (χ2v) is 14.8. The number of hydrogen-bond acceptors (Lipinski definition) is 13. The highest BCUT2D eigenvalue weighted by atomic mass is 16.8. The molecule has 1 heterocycles. The molecule has 1 saturated heterocycles. The van der Waals surface area contributed by atoms with E-state index >= 15 is 0 Å². The van der Waals surface area contributed by atoms with E-state index in [2.05, 4.69) is 41.5 Å². The third-order valence-electron chi connectivity index (χ3n) is 11.5. The van der Waals surface area contributed by atoms with Crippen LogP contribution in [-0.2, 0) is 14.2 Å². The molecule has 0 aromatic heterocycles. The lowest BCUT2D eigenvalue weighted by Crippen LogP contribution is -2.28. The maximum Gasteiger partial charge on any atom is 0.344 e. The minimum Gasteiger partial charge on any atom is -0.462 e. The highest BCUT2D eigenvalue weighted by molar-refractivity contribution is 6.03. The van der Waals surface area contributed by atoms with Crippen LogP contribution >= 0.6 is 0 Å². The summed E-state index contributed by atoms with van der Waals surface area (Å²) in [6, 6.07) is 2.91. The smallest absolute Gasteiger partial charge is 0.344 e. The number of rotatable bonds is 11. The first kappa shape index (κ1) is 36.2. The van der Waals surface area contributed by atoms with Gasteiger partial charge in [0.1, 0.15) is 11.1 Å². The van der Waals surface area contributed by atoms with Crippen LogP contribution in [0.25, 0.3) is 0 Å². The second kappa shape index (κ2) is 14.0. The quantitative estimate of drug-likeness (QED) is 0.0825. The molecule has 0 amide bonds. The number of aliphatic hydroxyl groups excluding tert-OH is 1. The number of nitrogens with two attached hydrogens (primary N) is 5. The topological polar surface area (TPSA) is 234 Å². The molecule has 0 spiro atoms. The molecule has 3 fully saturated rings. The molecule has 2 saturated carbocycles. The van der Waals surface area contributed by atoms with Crippen molar-refractivity contribution < 1.29 is 38.4 Å². The number of anilines is 5. The summed E-state index contributed by atoms with van der Waals surface area (Å²) < 4.78 is 28.8. The fourth-order valence-corrected chi connectivity index (χ4v) is 7.88. The Hall–Kier alpha value is -4.10. The number of ether oxygens (including phenoxy) is 5. The third kappa shape index (κ3) is 7.14. The van der Waals surface area contributed by atoms with Crippen LogP contribution in [0.15, 0.2) is 12.1 Å². The number of carbonyl (C=O) groups is 2. The summed E-state index contributed by atoms with van der Waals surface area (Å²) in [7, 11) is 0. The lowest BCUT2D eigenvalue weighted by atomic mass is 9.90. The van der Waals surface area contributed by atoms with E-state index in [4.69, 9.17) is 52.4 Å². The van der Waals surface area contributed by atoms with Crippen LogP contribution in [0, 0.1) is 54.3 Å². The predicted molar refractivity (Wildman–Crippen MR) is 187 cm³/mol. The van der Waals surface area contributed by atoms with E-state index in [1.165, 1.54) is 6.07 Å². The zero-order chi connectivity index (χ0) is 36.1. The van der Waals surface area contributed by atoms with E-state index in [0.29, 0.717) is 41.1 Å². The molecule has 11 N–H and O–H groups in total. The zero-order valence-corrected chi connectivity index (χ0v) is 29.5. The Labute approximate surface area is 288 Å². The van der Waals surface area contributed by atoms with Crippen molar-refractivity contribution in [3.05, 3.63) is 28.8 Å². The molecule has 3 aliphatic rings. The van der Waals surface area contributed by atoms with Crippen LogP contribution in [0.3, 0.4) is 0 Å². The van der Waals surface area contributed by atoms with Crippen LogP contribution in [0.4, 0.5) is 28.4 Å². The normalized spacial score (nSPS) is 31.3. The Kier molecular flexibility index (Phi) is 10.4.